The van der Waals surface area contributed by atoms with E-state index in [9.17, 15) is 9.90 Å². The number of halogens is 1. The molecule has 3 rings (SSSR count). The Morgan fingerprint density at radius 3 is 2.58 bits per heavy atom. The second kappa shape index (κ2) is 4.71. The minimum Gasteiger partial charge on any atom is -0.389 e. The Hall–Kier alpha value is -1.22. The van der Waals surface area contributed by atoms with Gasteiger partial charge in [0, 0.05) is 12.0 Å². The van der Waals surface area contributed by atoms with Crippen LogP contribution in [0.4, 0.5) is 4.39 Å². The topological polar surface area (TPSA) is 37.3 Å². The first-order valence-electron chi connectivity index (χ1n) is 7.12. The molecule has 102 valence electrons. The molecule has 0 heterocycles. The lowest BCUT2D eigenvalue weighted by Gasteiger charge is -2.33. The van der Waals surface area contributed by atoms with Gasteiger partial charge in [-0.25, -0.2) is 4.39 Å². The van der Waals surface area contributed by atoms with Crippen molar-refractivity contribution in [3.63, 3.8) is 0 Å². The molecule has 2 aliphatic carbocycles. The second-order valence-corrected chi connectivity index (χ2v) is 5.87. The first kappa shape index (κ1) is 12.8. The van der Waals surface area contributed by atoms with Crippen LogP contribution < -0.4 is 0 Å². The number of fused-ring (bicyclic) bond motifs is 1. The summed E-state index contributed by atoms with van der Waals surface area (Å²) in [6.07, 6.45) is 3.73. The molecule has 0 unspecified atom stereocenters. The number of benzene rings is 1. The van der Waals surface area contributed by atoms with Gasteiger partial charge < -0.3 is 5.11 Å². The molecule has 19 heavy (non-hydrogen) atoms. The fourth-order valence-electron chi connectivity index (χ4n) is 3.54. The number of Topliss-reactive ketones (excluding diaryl/α,β-unsaturated/α-hetero) is 1. The van der Waals surface area contributed by atoms with Gasteiger partial charge in [-0.2, -0.15) is 0 Å². The smallest absolute Gasteiger partial charge is 0.203 e. The van der Waals surface area contributed by atoms with Crippen LogP contribution in [0.2, 0.25) is 0 Å². The van der Waals surface area contributed by atoms with Gasteiger partial charge in [-0.15, -0.1) is 0 Å². The summed E-state index contributed by atoms with van der Waals surface area (Å²) in [6.45, 7) is 0. The Kier molecular flexibility index (Phi) is 3.17. The van der Waals surface area contributed by atoms with E-state index in [-0.39, 0.29) is 12.3 Å². The molecule has 0 amide bonds. The number of carbonyl (C=O) groups is 1. The van der Waals surface area contributed by atoms with E-state index in [0.29, 0.717) is 5.56 Å². The number of alkyl halides is 1. The number of rotatable bonds is 2. The molecule has 0 radical (unpaired) electrons. The van der Waals surface area contributed by atoms with Gasteiger partial charge in [0.1, 0.15) is 0 Å². The van der Waals surface area contributed by atoms with Crippen LogP contribution in [0.5, 0.6) is 0 Å². The normalized spacial score (nSPS) is 29.3. The SMILES string of the molecule is O=C1c2ccccc2C[C@@]1(F)[C@H](O)C1CCCCC1. The Morgan fingerprint density at radius 2 is 1.89 bits per heavy atom. The molecule has 1 fully saturated rings. The van der Waals surface area contributed by atoms with Crippen molar-refractivity contribution in [3.8, 4) is 0 Å². The van der Waals surface area contributed by atoms with Crippen molar-refractivity contribution in [1.29, 1.82) is 0 Å². The van der Waals surface area contributed by atoms with Crippen LogP contribution >= 0.6 is 0 Å². The molecule has 1 aromatic rings. The van der Waals surface area contributed by atoms with E-state index >= 15 is 4.39 Å². The summed E-state index contributed by atoms with van der Waals surface area (Å²) >= 11 is 0. The van der Waals surface area contributed by atoms with Crippen LogP contribution in [0.15, 0.2) is 24.3 Å². The molecule has 0 aliphatic heterocycles. The van der Waals surface area contributed by atoms with Crippen molar-refractivity contribution >= 4 is 5.78 Å². The van der Waals surface area contributed by atoms with E-state index in [1.807, 2.05) is 6.07 Å². The van der Waals surface area contributed by atoms with Crippen molar-refractivity contribution in [2.45, 2.75) is 50.3 Å². The van der Waals surface area contributed by atoms with Gasteiger partial charge in [-0.1, -0.05) is 43.5 Å². The molecular formula is C16H19FO2. The third-order valence-electron chi connectivity index (χ3n) is 4.65. The molecule has 1 aromatic carbocycles. The van der Waals surface area contributed by atoms with E-state index < -0.39 is 17.6 Å². The van der Waals surface area contributed by atoms with Gasteiger partial charge in [0.25, 0.3) is 0 Å². The Morgan fingerprint density at radius 1 is 1.21 bits per heavy atom. The van der Waals surface area contributed by atoms with E-state index in [1.165, 1.54) is 0 Å². The summed E-state index contributed by atoms with van der Waals surface area (Å²) in [5.74, 6) is -0.599. The molecule has 2 atom stereocenters. The summed E-state index contributed by atoms with van der Waals surface area (Å²) < 4.78 is 15.1. The zero-order chi connectivity index (χ0) is 13.5. The summed E-state index contributed by atoms with van der Waals surface area (Å²) in [5.41, 5.74) is -0.934. The van der Waals surface area contributed by atoms with Crippen LogP contribution in [-0.4, -0.2) is 22.7 Å². The number of hydrogen-bond acceptors (Lipinski definition) is 2. The zero-order valence-electron chi connectivity index (χ0n) is 10.9. The molecule has 2 aliphatic rings. The lowest BCUT2D eigenvalue weighted by molar-refractivity contribution is -0.0332. The predicted molar refractivity (Wildman–Crippen MR) is 70.9 cm³/mol. The minimum atomic E-state index is -2.11. The molecule has 1 saturated carbocycles. The highest BCUT2D eigenvalue weighted by molar-refractivity contribution is 6.07. The molecule has 2 nitrogen and oxygen atoms in total. The van der Waals surface area contributed by atoms with Gasteiger partial charge in [-0.05, 0) is 24.3 Å². The summed E-state index contributed by atoms with van der Waals surface area (Å²) in [7, 11) is 0. The lowest BCUT2D eigenvalue weighted by atomic mass is 9.77. The van der Waals surface area contributed by atoms with Gasteiger partial charge >= 0.3 is 0 Å². The predicted octanol–water partition coefficient (Wildman–Crippen LogP) is 3.07. The van der Waals surface area contributed by atoms with Crippen molar-refractivity contribution in [3.05, 3.63) is 35.4 Å². The maximum atomic E-state index is 15.1. The van der Waals surface area contributed by atoms with E-state index in [0.717, 1.165) is 37.7 Å². The highest BCUT2D eigenvalue weighted by atomic mass is 19.1. The van der Waals surface area contributed by atoms with E-state index in [1.54, 1.807) is 18.2 Å². The average molecular weight is 262 g/mol. The highest BCUT2D eigenvalue weighted by Gasteiger charge is 2.53. The van der Waals surface area contributed by atoms with E-state index in [4.69, 9.17) is 0 Å². The molecular weight excluding hydrogens is 243 g/mol. The summed E-state index contributed by atoms with van der Waals surface area (Å²) in [6, 6.07) is 7.00. The number of aliphatic hydroxyl groups excluding tert-OH is 1. The minimum absolute atomic E-state index is 0.0275. The van der Waals surface area contributed by atoms with Crippen LogP contribution in [0.25, 0.3) is 0 Å². The summed E-state index contributed by atoms with van der Waals surface area (Å²) in [5, 5.41) is 10.4. The zero-order valence-corrected chi connectivity index (χ0v) is 10.9. The monoisotopic (exact) mass is 262 g/mol. The Balaban J connectivity index is 1.86. The van der Waals surface area contributed by atoms with Gasteiger partial charge in [0.2, 0.25) is 11.5 Å². The third kappa shape index (κ3) is 2.00. The first-order chi connectivity index (χ1) is 9.13. The Labute approximate surface area is 112 Å². The van der Waals surface area contributed by atoms with Crippen LogP contribution in [0.3, 0.4) is 0 Å². The largest absolute Gasteiger partial charge is 0.389 e. The molecule has 0 aromatic heterocycles. The van der Waals surface area contributed by atoms with Crippen LogP contribution in [0, 0.1) is 5.92 Å². The average Bonchev–Trinajstić information content (AvgIpc) is 2.72. The maximum Gasteiger partial charge on any atom is 0.203 e. The van der Waals surface area contributed by atoms with Crippen LogP contribution in [0.1, 0.15) is 48.0 Å². The highest BCUT2D eigenvalue weighted by Crippen LogP contribution is 2.41. The summed E-state index contributed by atoms with van der Waals surface area (Å²) in [4.78, 5) is 12.3. The van der Waals surface area contributed by atoms with Gasteiger partial charge in [0.05, 0.1) is 6.10 Å². The van der Waals surface area contributed by atoms with Crippen molar-refractivity contribution in [1.82, 2.24) is 0 Å². The first-order valence-corrected chi connectivity index (χ1v) is 7.12. The molecule has 1 N–H and O–H groups in total. The standard InChI is InChI=1S/C16H19FO2/c17-16(14(18)11-6-2-1-3-7-11)10-12-8-4-5-9-13(12)15(16)19/h4-5,8-9,11,14,18H,1-3,6-7,10H2/t14-,16-/m1/s1. The number of aliphatic hydroxyl groups is 1. The maximum absolute atomic E-state index is 15.1. The van der Waals surface area contributed by atoms with Gasteiger partial charge in [-0.3, -0.25) is 4.79 Å². The molecule has 0 bridgehead atoms. The quantitative estimate of drug-likeness (QED) is 0.889. The Bertz CT molecular complexity index is 493. The second-order valence-electron chi connectivity index (χ2n) is 5.87. The fraction of sp³-hybridized carbons (Fsp3) is 0.562. The van der Waals surface area contributed by atoms with Crippen molar-refractivity contribution in [2.24, 2.45) is 5.92 Å². The third-order valence-corrected chi connectivity index (χ3v) is 4.65. The van der Waals surface area contributed by atoms with Gasteiger partial charge in [0.15, 0.2) is 0 Å². The number of ketones is 1. The lowest BCUT2D eigenvalue weighted by Crippen LogP contribution is -2.48. The van der Waals surface area contributed by atoms with Crippen molar-refractivity contribution < 1.29 is 14.3 Å². The van der Waals surface area contributed by atoms with Crippen LogP contribution in [-0.2, 0) is 6.42 Å². The van der Waals surface area contributed by atoms with Crippen molar-refractivity contribution in [2.75, 3.05) is 0 Å². The van der Waals surface area contributed by atoms with E-state index in [2.05, 4.69) is 0 Å². The number of hydrogen-bond donors (Lipinski definition) is 1. The molecule has 3 heteroatoms. The molecule has 0 saturated heterocycles. The molecule has 0 spiro atoms. The fourth-order valence-corrected chi connectivity index (χ4v) is 3.54. The number of carbonyl (C=O) groups excluding carboxylic acids is 1.